The minimum atomic E-state index is -0.648. The second kappa shape index (κ2) is 12.2. The van der Waals surface area contributed by atoms with Gasteiger partial charge >= 0.3 is 0 Å². The Hall–Kier alpha value is -2.87. The van der Waals surface area contributed by atoms with Crippen LogP contribution in [0.2, 0.25) is 0 Å². The smallest absolute Gasteiger partial charge is 0.261 e. The largest absolute Gasteiger partial charge is 0.484 e. The molecule has 0 radical (unpaired) electrons. The molecule has 3 rings (SSSR count). The fourth-order valence-corrected chi connectivity index (χ4v) is 3.74. The van der Waals surface area contributed by atoms with Crippen LogP contribution in [0.25, 0.3) is 0 Å². The molecule has 3 aromatic rings. The van der Waals surface area contributed by atoms with Crippen LogP contribution >= 0.6 is 22.6 Å². The predicted molar refractivity (Wildman–Crippen MR) is 134 cm³/mol. The molecule has 0 aliphatic carbocycles. The van der Waals surface area contributed by atoms with Crippen molar-refractivity contribution in [2.45, 2.75) is 25.9 Å². The summed E-state index contributed by atoms with van der Waals surface area (Å²) in [5.74, 6) is 0.213. The van der Waals surface area contributed by atoms with Gasteiger partial charge in [0.15, 0.2) is 6.61 Å². The summed E-state index contributed by atoms with van der Waals surface area (Å²) < 4.78 is 6.84. The van der Waals surface area contributed by atoms with E-state index in [9.17, 15) is 9.59 Å². The summed E-state index contributed by atoms with van der Waals surface area (Å²) in [5.41, 5.74) is 1.95. The lowest BCUT2D eigenvalue weighted by Crippen LogP contribution is -2.51. The normalized spacial score (nSPS) is 11.4. The van der Waals surface area contributed by atoms with Gasteiger partial charge in [0.2, 0.25) is 5.91 Å². The van der Waals surface area contributed by atoms with E-state index < -0.39 is 6.04 Å². The van der Waals surface area contributed by atoms with Crippen LogP contribution in [0.5, 0.6) is 5.75 Å². The van der Waals surface area contributed by atoms with E-state index >= 15 is 0 Å². The number of hydrogen-bond donors (Lipinski definition) is 1. The van der Waals surface area contributed by atoms with Gasteiger partial charge in [-0.2, -0.15) is 0 Å². The SMILES string of the molecule is CCNC(=O)[C@H](Cc1ccccc1)N(Cc1ccccc1)C(=O)COc1ccc(I)cc1. The first-order chi connectivity index (χ1) is 15.6. The Bertz CT molecular complexity index is 995. The van der Waals surface area contributed by atoms with Crippen molar-refractivity contribution in [3.8, 4) is 5.75 Å². The summed E-state index contributed by atoms with van der Waals surface area (Å²) >= 11 is 2.22. The van der Waals surface area contributed by atoms with Crippen molar-refractivity contribution >= 4 is 34.4 Å². The molecule has 3 aromatic carbocycles. The van der Waals surface area contributed by atoms with E-state index in [1.54, 1.807) is 4.90 Å². The number of halogens is 1. The van der Waals surface area contributed by atoms with Gasteiger partial charge in [0.05, 0.1) is 0 Å². The molecule has 1 N–H and O–H groups in total. The Morgan fingerprint density at radius 2 is 1.50 bits per heavy atom. The van der Waals surface area contributed by atoms with Crippen molar-refractivity contribution in [2.24, 2.45) is 0 Å². The summed E-state index contributed by atoms with van der Waals surface area (Å²) in [6, 6.07) is 26.3. The van der Waals surface area contributed by atoms with Crippen LogP contribution < -0.4 is 10.1 Å². The molecule has 0 aliphatic rings. The van der Waals surface area contributed by atoms with Gasteiger partial charge in [-0.15, -0.1) is 0 Å². The minimum Gasteiger partial charge on any atom is -0.484 e. The molecule has 166 valence electrons. The molecule has 2 amide bonds. The zero-order chi connectivity index (χ0) is 22.8. The van der Waals surface area contributed by atoms with Crippen molar-refractivity contribution in [3.05, 3.63) is 99.6 Å². The number of benzene rings is 3. The van der Waals surface area contributed by atoms with Gasteiger partial charge in [-0.25, -0.2) is 0 Å². The zero-order valence-corrected chi connectivity index (χ0v) is 20.2. The Morgan fingerprint density at radius 1 is 0.906 bits per heavy atom. The van der Waals surface area contributed by atoms with Gasteiger partial charge in [-0.1, -0.05) is 60.7 Å². The lowest BCUT2D eigenvalue weighted by molar-refractivity contribution is -0.142. The molecule has 6 heteroatoms. The number of nitrogens with zero attached hydrogens (tertiary/aromatic N) is 1. The van der Waals surface area contributed by atoms with Gasteiger partial charge in [0, 0.05) is 23.1 Å². The van der Waals surface area contributed by atoms with Crippen molar-refractivity contribution < 1.29 is 14.3 Å². The summed E-state index contributed by atoms with van der Waals surface area (Å²) in [7, 11) is 0. The fraction of sp³-hybridized carbons (Fsp3) is 0.231. The van der Waals surface area contributed by atoms with Crippen LogP contribution in [0.1, 0.15) is 18.1 Å². The predicted octanol–water partition coefficient (Wildman–Crippen LogP) is 4.45. The third-order valence-corrected chi connectivity index (χ3v) is 5.71. The van der Waals surface area contributed by atoms with Crippen LogP contribution in [0.3, 0.4) is 0 Å². The first kappa shape index (κ1) is 23.8. The van der Waals surface area contributed by atoms with Crippen molar-refractivity contribution in [1.29, 1.82) is 0 Å². The molecule has 0 bridgehead atoms. The van der Waals surface area contributed by atoms with Crippen molar-refractivity contribution in [3.63, 3.8) is 0 Å². The number of ether oxygens (including phenoxy) is 1. The number of nitrogens with one attached hydrogen (secondary N) is 1. The lowest BCUT2D eigenvalue weighted by Gasteiger charge is -2.31. The maximum absolute atomic E-state index is 13.3. The highest BCUT2D eigenvalue weighted by molar-refractivity contribution is 14.1. The molecule has 32 heavy (non-hydrogen) atoms. The summed E-state index contributed by atoms with van der Waals surface area (Å²) in [5, 5.41) is 2.89. The third-order valence-electron chi connectivity index (χ3n) is 4.99. The second-order valence-electron chi connectivity index (χ2n) is 7.35. The van der Waals surface area contributed by atoms with Crippen LogP contribution in [0, 0.1) is 3.57 Å². The number of amides is 2. The Kier molecular flexibility index (Phi) is 9.10. The van der Waals surface area contributed by atoms with E-state index in [2.05, 4.69) is 27.9 Å². The highest BCUT2D eigenvalue weighted by Gasteiger charge is 2.30. The average molecular weight is 542 g/mol. The zero-order valence-electron chi connectivity index (χ0n) is 18.0. The number of rotatable bonds is 10. The van der Waals surface area contributed by atoms with Crippen molar-refractivity contribution in [2.75, 3.05) is 13.2 Å². The van der Waals surface area contributed by atoms with Crippen LogP contribution in [0.4, 0.5) is 0 Å². The molecule has 0 saturated carbocycles. The molecule has 1 atom stereocenters. The third kappa shape index (κ3) is 7.09. The summed E-state index contributed by atoms with van der Waals surface area (Å²) in [4.78, 5) is 28.0. The van der Waals surface area contributed by atoms with Gasteiger partial charge < -0.3 is 15.0 Å². The van der Waals surface area contributed by atoms with Gasteiger partial charge in [-0.05, 0) is 64.9 Å². The molecule has 0 aliphatic heterocycles. The van der Waals surface area contributed by atoms with E-state index in [1.165, 1.54) is 0 Å². The lowest BCUT2D eigenvalue weighted by atomic mass is 10.0. The standard InChI is InChI=1S/C26H27IN2O3/c1-2-28-26(31)24(17-20-9-5-3-6-10-20)29(18-21-11-7-4-8-12-21)25(30)19-32-23-15-13-22(27)14-16-23/h3-16,24H,2,17-19H2,1H3,(H,28,31)/t24-/m0/s1. The van der Waals surface area contributed by atoms with E-state index in [0.717, 1.165) is 14.7 Å². The topological polar surface area (TPSA) is 58.6 Å². The maximum atomic E-state index is 13.3. The Morgan fingerprint density at radius 3 is 2.09 bits per heavy atom. The molecule has 5 nitrogen and oxygen atoms in total. The average Bonchev–Trinajstić information content (AvgIpc) is 2.82. The monoisotopic (exact) mass is 542 g/mol. The minimum absolute atomic E-state index is 0.141. The molecule has 0 spiro atoms. The van der Waals surface area contributed by atoms with Gasteiger partial charge in [0.25, 0.3) is 5.91 Å². The first-order valence-electron chi connectivity index (χ1n) is 10.6. The number of likely N-dealkylation sites (N-methyl/N-ethyl adjacent to an activating group) is 1. The highest BCUT2D eigenvalue weighted by Crippen LogP contribution is 2.17. The Labute approximate surface area is 202 Å². The van der Waals surface area contributed by atoms with Crippen LogP contribution in [0.15, 0.2) is 84.9 Å². The molecule has 0 unspecified atom stereocenters. The molecule has 0 fully saturated rings. The maximum Gasteiger partial charge on any atom is 0.261 e. The number of hydrogen-bond acceptors (Lipinski definition) is 3. The number of carbonyl (C=O) groups excluding carboxylic acids is 2. The fourth-order valence-electron chi connectivity index (χ4n) is 3.38. The first-order valence-corrected chi connectivity index (χ1v) is 11.7. The summed E-state index contributed by atoms with van der Waals surface area (Å²) in [6.45, 7) is 2.56. The van der Waals surface area contributed by atoms with E-state index in [0.29, 0.717) is 25.3 Å². The van der Waals surface area contributed by atoms with E-state index in [-0.39, 0.29) is 18.4 Å². The molecule has 0 aromatic heterocycles. The Balaban J connectivity index is 1.85. The van der Waals surface area contributed by atoms with E-state index in [4.69, 9.17) is 4.74 Å². The van der Waals surface area contributed by atoms with Crippen molar-refractivity contribution in [1.82, 2.24) is 10.2 Å². The highest BCUT2D eigenvalue weighted by atomic mass is 127. The van der Waals surface area contributed by atoms with E-state index in [1.807, 2.05) is 91.9 Å². The number of carbonyl (C=O) groups is 2. The van der Waals surface area contributed by atoms with Crippen LogP contribution in [-0.2, 0) is 22.6 Å². The molecular formula is C26H27IN2O3. The molecule has 0 heterocycles. The molecule has 0 saturated heterocycles. The van der Waals surface area contributed by atoms with Gasteiger partial charge in [-0.3, -0.25) is 9.59 Å². The van der Waals surface area contributed by atoms with Crippen LogP contribution in [-0.4, -0.2) is 35.9 Å². The quantitative estimate of drug-likeness (QED) is 0.386. The second-order valence-corrected chi connectivity index (χ2v) is 8.60. The summed E-state index contributed by atoms with van der Waals surface area (Å²) in [6.07, 6.45) is 0.425. The van der Waals surface area contributed by atoms with Gasteiger partial charge in [0.1, 0.15) is 11.8 Å². The molecular weight excluding hydrogens is 515 g/mol.